The van der Waals surface area contributed by atoms with E-state index in [2.05, 4.69) is 10.6 Å². The van der Waals surface area contributed by atoms with Crippen LogP contribution in [0.2, 0.25) is 0 Å². The third kappa shape index (κ3) is 6.54. The van der Waals surface area contributed by atoms with Crippen molar-refractivity contribution in [1.82, 2.24) is 10.6 Å². The average molecular weight is 188 g/mol. The molecule has 0 spiro atoms. The van der Waals surface area contributed by atoms with Crippen molar-refractivity contribution in [3.8, 4) is 0 Å². The highest BCUT2D eigenvalue weighted by molar-refractivity contribution is 5.76. The maximum Gasteiger partial charge on any atom is 0.221 e. The summed E-state index contributed by atoms with van der Waals surface area (Å²) in [7, 11) is 1.82. The van der Waals surface area contributed by atoms with E-state index in [1.807, 2.05) is 14.0 Å². The molecule has 0 heterocycles. The number of carbonyl (C=O) groups excluding carboxylic acids is 1. The quantitative estimate of drug-likeness (QED) is 0.521. The largest absolute Gasteiger partial charge is 0.396 e. The lowest BCUT2D eigenvalue weighted by Gasteiger charge is -2.15. The third-order valence-corrected chi connectivity index (χ3v) is 1.94. The van der Waals surface area contributed by atoms with Gasteiger partial charge >= 0.3 is 0 Å². The Morgan fingerprint density at radius 3 is 2.69 bits per heavy atom. The van der Waals surface area contributed by atoms with Gasteiger partial charge in [0.05, 0.1) is 0 Å². The standard InChI is InChI=1S/C9H20N2O2/c1-3-8(5-7-12)11-9(13)4-6-10-2/h8,10,12H,3-7H2,1-2H3,(H,11,13). The first kappa shape index (κ1) is 12.4. The summed E-state index contributed by atoms with van der Waals surface area (Å²) >= 11 is 0. The van der Waals surface area contributed by atoms with E-state index in [1.54, 1.807) is 0 Å². The van der Waals surface area contributed by atoms with Gasteiger partial charge in [-0.25, -0.2) is 0 Å². The normalized spacial score (nSPS) is 12.5. The van der Waals surface area contributed by atoms with Crippen LogP contribution in [0.25, 0.3) is 0 Å². The van der Waals surface area contributed by atoms with Crippen LogP contribution in [0, 0.1) is 0 Å². The molecule has 0 saturated carbocycles. The molecule has 1 atom stereocenters. The molecule has 1 unspecified atom stereocenters. The van der Waals surface area contributed by atoms with E-state index < -0.39 is 0 Å². The van der Waals surface area contributed by atoms with E-state index in [9.17, 15) is 4.79 Å². The van der Waals surface area contributed by atoms with Gasteiger partial charge in [-0.05, 0) is 19.9 Å². The number of aliphatic hydroxyl groups is 1. The van der Waals surface area contributed by atoms with Gasteiger partial charge in [0.2, 0.25) is 5.91 Å². The van der Waals surface area contributed by atoms with Gasteiger partial charge in [0, 0.05) is 25.6 Å². The maximum absolute atomic E-state index is 11.2. The number of amides is 1. The summed E-state index contributed by atoms with van der Waals surface area (Å²) in [5.74, 6) is 0.0506. The molecule has 0 aliphatic carbocycles. The Morgan fingerprint density at radius 1 is 1.54 bits per heavy atom. The molecule has 4 nitrogen and oxygen atoms in total. The summed E-state index contributed by atoms with van der Waals surface area (Å²) in [5.41, 5.74) is 0. The topological polar surface area (TPSA) is 61.4 Å². The van der Waals surface area contributed by atoms with Crippen molar-refractivity contribution < 1.29 is 9.90 Å². The first-order chi connectivity index (χ1) is 6.24. The van der Waals surface area contributed by atoms with Crippen LogP contribution in [0.1, 0.15) is 26.2 Å². The molecule has 0 aliphatic rings. The number of hydrogen-bond acceptors (Lipinski definition) is 3. The first-order valence-electron chi connectivity index (χ1n) is 4.79. The Bertz CT molecular complexity index is 140. The molecule has 0 radical (unpaired) electrons. The van der Waals surface area contributed by atoms with Gasteiger partial charge in [0.25, 0.3) is 0 Å². The summed E-state index contributed by atoms with van der Waals surface area (Å²) in [5, 5.41) is 14.5. The molecule has 0 rings (SSSR count). The van der Waals surface area contributed by atoms with Gasteiger partial charge in [-0.3, -0.25) is 4.79 Å². The molecular formula is C9H20N2O2. The van der Waals surface area contributed by atoms with Crippen LogP contribution in [0.5, 0.6) is 0 Å². The highest BCUT2D eigenvalue weighted by Gasteiger charge is 2.08. The second kappa shape index (κ2) is 8.01. The smallest absolute Gasteiger partial charge is 0.221 e. The first-order valence-corrected chi connectivity index (χ1v) is 4.79. The van der Waals surface area contributed by atoms with Crippen molar-refractivity contribution in [2.75, 3.05) is 20.2 Å². The predicted octanol–water partition coefficient (Wildman–Crippen LogP) is -0.127. The van der Waals surface area contributed by atoms with E-state index in [0.717, 1.165) is 6.42 Å². The molecule has 0 aromatic heterocycles. The Hall–Kier alpha value is -0.610. The Morgan fingerprint density at radius 2 is 2.23 bits per heavy atom. The number of rotatable bonds is 7. The molecule has 0 aromatic carbocycles. The molecule has 0 aromatic rings. The monoisotopic (exact) mass is 188 g/mol. The zero-order valence-electron chi connectivity index (χ0n) is 8.47. The fourth-order valence-electron chi connectivity index (χ4n) is 1.07. The highest BCUT2D eigenvalue weighted by atomic mass is 16.3. The van der Waals surface area contributed by atoms with E-state index in [0.29, 0.717) is 19.4 Å². The van der Waals surface area contributed by atoms with E-state index in [1.165, 1.54) is 0 Å². The molecular weight excluding hydrogens is 168 g/mol. The van der Waals surface area contributed by atoms with Gasteiger partial charge < -0.3 is 15.7 Å². The second-order valence-electron chi connectivity index (χ2n) is 3.04. The summed E-state index contributed by atoms with van der Waals surface area (Å²) in [6.45, 7) is 2.82. The molecule has 0 aliphatic heterocycles. The van der Waals surface area contributed by atoms with Crippen molar-refractivity contribution >= 4 is 5.91 Å². The Labute approximate surface area is 79.7 Å². The fourth-order valence-corrected chi connectivity index (χ4v) is 1.07. The lowest BCUT2D eigenvalue weighted by Crippen LogP contribution is -2.36. The Balaban J connectivity index is 3.60. The van der Waals surface area contributed by atoms with Crippen molar-refractivity contribution in [2.24, 2.45) is 0 Å². The molecule has 1 amide bonds. The van der Waals surface area contributed by atoms with Crippen molar-refractivity contribution in [2.45, 2.75) is 32.2 Å². The summed E-state index contributed by atoms with van der Waals surface area (Å²) < 4.78 is 0. The minimum atomic E-state index is 0.0506. The fraction of sp³-hybridized carbons (Fsp3) is 0.889. The molecule has 13 heavy (non-hydrogen) atoms. The molecule has 4 heteroatoms. The zero-order valence-corrected chi connectivity index (χ0v) is 8.47. The summed E-state index contributed by atoms with van der Waals surface area (Å²) in [6, 6.07) is 0.120. The number of aliphatic hydroxyl groups excluding tert-OH is 1. The van der Waals surface area contributed by atoms with Gasteiger partial charge in [-0.1, -0.05) is 6.92 Å². The summed E-state index contributed by atoms with van der Waals surface area (Å²) in [6.07, 6.45) is 2.01. The molecule has 3 N–H and O–H groups in total. The van der Waals surface area contributed by atoms with Crippen molar-refractivity contribution in [1.29, 1.82) is 0 Å². The van der Waals surface area contributed by atoms with Crippen LogP contribution in [0.3, 0.4) is 0 Å². The van der Waals surface area contributed by atoms with Crippen LogP contribution in [-0.2, 0) is 4.79 Å². The van der Waals surface area contributed by atoms with Gasteiger partial charge in [-0.15, -0.1) is 0 Å². The van der Waals surface area contributed by atoms with Crippen LogP contribution in [-0.4, -0.2) is 37.3 Å². The predicted molar refractivity (Wildman–Crippen MR) is 52.5 cm³/mol. The third-order valence-electron chi connectivity index (χ3n) is 1.94. The van der Waals surface area contributed by atoms with Crippen LogP contribution < -0.4 is 10.6 Å². The SMILES string of the molecule is CCC(CCO)NC(=O)CCNC. The minimum absolute atomic E-state index is 0.0506. The maximum atomic E-state index is 11.2. The minimum Gasteiger partial charge on any atom is -0.396 e. The zero-order chi connectivity index (χ0) is 10.1. The second-order valence-corrected chi connectivity index (χ2v) is 3.04. The number of carbonyl (C=O) groups is 1. The molecule has 0 fully saturated rings. The van der Waals surface area contributed by atoms with Crippen molar-refractivity contribution in [3.05, 3.63) is 0 Å². The van der Waals surface area contributed by atoms with Crippen LogP contribution >= 0.6 is 0 Å². The van der Waals surface area contributed by atoms with E-state index in [4.69, 9.17) is 5.11 Å². The van der Waals surface area contributed by atoms with E-state index in [-0.39, 0.29) is 18.6 Å². The number of nitrogens with one attached hydrogen (secondary N) is 2. The van der Waals surface area contributed by atoms with Gasteiger partial charge in [-0.2, -0.15) is 0 Å². The van der Waals surface area contributed by atoms with Gasteiger partial charge in [0.1, 0.15) is 0 Å². The molecule has 78 valence electrons. The van der Waals surface area contributed by atoms with Crippen LogP contribution in [0.15, 0.2) is 0 Å². The Kier molecular flexibility index (Phi) is 7.63. The van der Waals surface area contributed by atoms with Crippen molar-refractivity contribution in [3.63, 3.8) is 0 Å². The molecule has 0 bridgehead atoms. The highest BCUT2D eigenvalue weighted by Crippen LogP contribution is 1.96. The summed E-state index contributed by atoms with van der Waals surface area (Å²) in [4.78, 5) is 11.2. The van der Waals surface area contributed by atoms with Crippen LogP contribution in [0.4, 0.5) is 0 Å². The van der Waals surface area contributed by atoms with Gasteiger partial charge in [0.15, 0.2) is 0 Å². The molecule has 0 saturated heterocycles. The lowest BCUT2D eigenvalue weighted by atomic mass is 10.1. The lowest BCUT2D eigenvalue weighted by molar-refractivity contribution is -0.121. The van der Waals surface area contributed by atoms with E-state index >= 15 is 0 Å². The number of hydrogen-bond donors (Lipinski definition) is 3. The average Bonchev–Trinajstić information content (AvgIpc) is 2.14.